The maximum atomic E-state index is 12.9. The van der Waals surface area contributed by atoms with Gasteiger partial charge in [0.05, 0.1) is 6.61 Å². The van der Waals surface area contributed by atoms with Crippen LogP contribution in [0.2, 0.25) is 0 Å². The third-order valence-electron chi connectivity index (χ3n) is 3.87. The smallest absolute Gasteiger partial charge is 0.246 e. The molecule has 0 N–H and O–H groups in total. The first-order valence-corrected chi connectivity index (χ1v) is 9.25. The molecular weight excluding hydrogens is 334 g/mol. The average Bonchev–Trinajstić information content (AvgIpc) is 3.14. The van der Waals surface area contributed by atoms with Crippen LogP contribution in [-0.4, -0.2) is 42.6 Å². The Balaban J connectivity index is 1.83. The molecule has 0 aromatic carbocycles. The second-order valence-corrected chi connectivity index (χ2v) is 8.04. The molecular formula is C15H21N3O5S. The molecule has 9 heteroatoms. The van der Waals surface area contributed by atoms with Crippen molar-refractivity contribution in [2.75, 3.05) is 19.7 Å². The fourth-order valence-corrected chi connectivity index (χ4v) is 4.25. The van der Waals surface area contributed by atoms with E-state index in [0.717, 1.165) is 0 Å². The van der Waals surface area contributed by atoms with Crippen LogP contribution < -0.4 is 0 Å². The fraction of sp³-hybridized carbons (Fsp3) is 0.600. The molecule has 1 aliphatic heterocycles. The summed E-state index contributed by atoms with van der Waals surface area (Å²) in [5, 5.41) is 7.96. The van der Waals surface area contributed by atoms with Gasteiger partial charge >= 0.3 is 0 Å². The zero-order valence-corrected chi connectivity index (χ0v) is 15.0. The van der Waals surface area contributed by atoms with Gasteiger partial charge in [0.1, 0.15) is 22.5 Å². The van der Waals surface area contributed by atoms with E-state index >= 15 is 0 Å². The summed E-state index contributed by atoms with van der Waals surface area (Å²) in [5.41, 5.74) is 0. The fourth-order valence-electron chi connectivity index (χ4n) is 2.61. The number of hydrogen-bond donors (Lipinski definition) is 0. The molecule has 2 aromatic rings. The molecule has 0 aliphatic carbocycles. The molecule has 2 aromatic heterocycles. The zero-order chi connectivity index (χ0) is 17.5. The number of sulfonamides is 1. The van der Waals surface area contributed by atoms with Gasteiger partial charge in [-0.1, -0.05) is 13.8 Å². The minimum atomic E-state index is -3.65. The van der Waals surface area contributed by atoms with Crippen molar-refractivity contribution >= 4 is 10.0 Å². The summed E-state index contributed by atoms with van der Waals surface area (Å²) in [6, 6.07) is 1.54. The number of aromatic nitrogens is 2. The Hall–Kier alpha value is -1.71. The standard InChI is InChI=1S/C15H21N3O5S/c1-9(2)14-16-17-15(23-14)12-8-18(5-6-21-12)24(19,20)13-7-10(3)22-11(13)4/h7,9,12H,5-6,8H2,1-4H3/t12-/m0/s1. The number of furan rings is 1. The van der Waals surface area contributed by atoms with Gasteiger partial charge in [0, 0.05) is 19.0 Å². The molecule has 0 radical (unpaired) electrons. The summed E-state index contributed by atoms with van der Waals surface area (Å²) in [6.45, 7) is 7.92. The number of rotatable bonds is 4. The molecule has 1 atom stereocenters. The van der Waals surface area contributed by atoms with Crippen LogP contribution in [0.3, 0.4) is 0 Å². The number of nitrogens with zero attached hydrogens (tertiary/aromatic N) is 3. The van der Waals surface area contributed by atoms with Crippen LogP contribution in [-0.2, 0) is 14.8 Å². The van der Waals surface area contributed by atoms with E-state index in [-0.39, 0.29) is 30.5 Å². The van der Waals surface area contributed by atoms with Crippen molar-refractivity contribution in [3.63, 3.8) is 0 Å². The largest absolute Gasteiger partial charge is 0.465 e. The Morgan fingerprint density at radius 1 is 1.25 bits per heavy atom. The first kappa shape index (κ1) is 17.1. The quantitative estimate of drug-likeness (QED) is 0.828. The van der Waals surface area contributed by atoms with Crippen LogP contribution >= 0.6 is 0 Å². The molecule has 0 bridgehead atoms. The molecule has 0 saturated carbocycles. The van der Waals surface area contributed by atoms with Gasteiger partial charge in [-0.05, 0) is 19.9 Å². The normalized spacial score (nSPS) is 20.0. The van der Waals surface area contributed by atoms with E-state index in [4.69, 9.17) is 13.6 Å². The van der Waals surface area contributed by atoms with Crippen LogP contribution in [0.15, 0.2) is 19.8 Å². The maximum Gasteiger partial charge on any atom is 0.246 e. The lowest BCUT2D eigenvalue weighted by molar-refractivity contribution is -0.0179. The van der Waals surface area contributed by atoms with Gasteiger partial charge in [0.25, 0.3) is 0 Å². The summed E-state index contributed by atoms with van der Waals surface area (Å²) in [4.78, 5) is 0.189. The lowest BCUT2D eigenvalue weighted by atomic mass is 10.2. The molecule has 0 spiro atoms. The second kappa shape index (κ2) is 6.30. The van der Waals surface area contributed by atoms with E-state index in [1.807, 2.05) is 13.8 Å². The summed E-state index contributed by atoms with van der Waals surface area (Å²) in [6.07, 6.45) is -0.568. The number of hydrogen-bond acceptors (Lipinski definition) is 7. The average molecular weight is 355 g/mol. The lowest BCUT2D eigenvalue weighted by Crippen LogP contribution is -2.42. The van der Waals surface area contributed by atoms with E-state index in [0.29, 0.717) is 23.3 Å². The molecule has 0 unspecified atom stereocenters. The van der Waals surface area contributed by atoms with E-state index in [9.17, 15) is 8.42 Å². The highest BCUT2D eigenvalue weighted by atomic mass is 32.2. The Kier molecular flexibility index (Phi) is 4.50. The number of ether oxygens (including phenoxy) is 1. The molecule has 132 valence electrons. The predicted octanol–water partition coefficient (Wildman–Crippen LogP) is 2.17. The SMILES string of the molecule is Cc1cc(S(=O)(=O)N2CCO[C@H](c3nnc(C(C)C)o3)C2)c(C)o1. The Bertz CT molecular complexity index is 824. The van der Waals surface area contributed by atoms with Crippen LogP contribution in [0, 0.1) is 13.8 Å². The predicted molar refractivity (Wildman–Crippen MR) is 84.0 cm³/mol. The number of aryl methyl sites for hydroxylation is 2. The van der Waals surface area contributed by atoms with E-state index < -0.39 is 16.1 Å². The monoisotopic (exact) mass is 355 g/mol. The summed E-state index contributed by atoms with van der Waals surface area (Å²) in [7, 11) is -3.65. The zero-order valence-electron chi connectivity index (χ0n) is 14.1. The summed E-state index contributed by atoms with van der Waals surface area (Å²) < 4.78 is 43.7. The topological polar surface area (TPSA) is 98.7 Å². The van der Waals surface area contributed by atoms with Gasteiger partial charge in [0.15, 0.2) is 0 Å². The van der Waals surface area contributed by atoms with Crippen LogP contribution in [0.5, 0.6) is 0 Å². The van der Waals surface area contributed by atoms with Gasteiger partial charge in [-0.25, -0.2) is 8.42 Å². The van der Waals surface area contributed by atoms with E-state index in [1.54, 1.807) is 19.9 Å². The highest BCUT2D eigenvalue weighted by molar-refractivity contribution is 7.89. The molecule has 24 heavy (non-hydrogen) atoms. The summed E-state index contributed by atoms with van der Waals surface area (Å²) >= 11 is 0. The van der Waals surface area contributed by atoms with Gasteiger partial charge in [0.2, 0.25) is 21.8 Å². The van der Waals surface area contributed by atoms with Gasteiger partial charge in [-0.3, -0.25) is 0 Å². The molecule has 8 nitrogen and oxygen atoms in total. The Morgan fingerprint density at radius 3 is 2.58 bits per heavy atom. The molecule has 1 aliphatic rings. The maximum absolute atomic E-state index is 12.9. The van der Waals surface area contributed by atoms with Gasteiger partial charge in [-0.15, -0.1) is 10.2 Å². The summed E-state index contributed by atoms with van der Waals surface area (Å²) in [5.74, 6) is 1.87. The van der Waals surface area contributed by atoms with Crippen LogP contribution in [0.25, 0.3) is 0 Å². The molecule has 3 rings (SSSR count). The van der Waals surface area contributed by atoms with Crippen molar-refractivity contribution in [1.82, 2.24) is 14.5 Å². The molecule has 1 saturated heterocycles. The van der Waals surface area contributed by atoms with Gasteiger partial charge in [-0.2, -0.15) is 4.31 Å². The minimum Gasteiger partial charge on any atom is -0.465 e. The van der Waals surface area contributed by atoms with Crippen molar-refractivity contribution in [2.24, 2.45) is 0 Å². The third-order valence-corrected chi connectivity index (χ3v) is 5.84. The Morgan fingerprint density at radius 2 is 2.00 bits per heavy atom. The highest BCUT2D eigenvalue weighted by Gasteiger charge is 2.35. The molecule has 1 fully saturated rings. The minimum absolute atomic E-state index is 0.103. The Labute approximate surface area is 140 Å². The van der Waals surface area contributed by atoms with Crippen molar-refractivity contribution < 1.29 is 22.0 Å². The first-order chi connectivity index (χ1) is 11.3. The van der Waals surface area contributed by atoms with Crippen LogP contribution in [0.4, 0.5) is 0 Å². The first-order valence-electron chi connectivity index (χ1n) is 7.81. The number of morpholine rings is 1. The van der Waals surface area contributed by atoms with Gasteiger partial charge < -0.3 is 13.6 Å². The van der Waals surface area contributed by atoms with Crippen LogP contribution in [0.1, 0.15) is 49.2 Å². The molecule has 0 amide bonds. The molecule has 3 heterocycles. The van der Waals surface area contributed by atoms with E-state index in [2.05, 4.69) is 10.2 Å². The van der Waals surface area contributed by atoms with Crippen molar-refractivity contribution in [2.45, 2.75) is 44.6 Å². The van der Waals surface area contributed by atoms with Crippen molar-refractivity contribution in [3.8, 4) is 0 Å². The third kappa shape index (κ3) is 3.11. The second-order valence-electron chi connectivity index (χ2n) is 6.13. The highest BCUT2D eigenvalue weighted by Crippen LogP contribution is 2.29. The lowest BCUT2D eigenvalue weighted by Gasteiger charge is -2.30. The van der Waals surface area contributed by atoms with Crippen molar-refractivity contribution in [1.29, 1.82) is 0 Å². The van der Waals surface area contributed by atoms with Crippen molar-refractivity contribution in [3.05, 3.63) is 29.4 Å². The van der Waals surface area contributed by atoms with E-state index in [1.165, 1.54) is 4.31 Å².